The van der Waals surface area contributed by atoms with E-state index < -0.39 is 0 Å². The fraction of sp³-hybridized carbons (Fsp3) is 0.556. The topological polar surface area (TPSA) is 6.48 Å². The zero-order valence-corrected chi connectivity index (χ0v) is 22.9. The van der Waals surface area contributed by atoms with Gasteiger partial charge in [-0.3, -0.25) is 0 Å². The summed E-state index contributed by atoms with van der Waals surface area (Å²) >= 11 is 0. The van der Waals surface area contributed by atoms with Crippen LogP contribution < -0.4 is 0 Å². The first kappa shape index (κ1) is 23.4. The summed E-state index contributed by atoms with van der Waals surface area (Å²) in [6.07, 6.45) is 46.5. The third kappa shape index (κ3) is 3.73. The normalized spacial score (nSPS) is 42.7. The average Bonchev–Trinajstić information content (AvgIpc) is 3.50. The Bertz CT molecular complexity index is 1190. The summed E-state index contributed by atoms with van der Waals surface area (Å²) < 4.78 is 0. The van der Waals surface area contributed by atoms with Gasteiger partial charge in [0.05, 0.1) is 24.2 Å². The van der Waals surface area contributed by atoms with Crippen molar-refractivity contribution in [3.8, 4) is 0 Å². The van der Waals surface area contributed by atoms with Crippen LogP contribution >= 0.6 is 0 Å². The van der Waals surface area contributed by atoms with Crippen LogP contribution in [-0.4, -0.2) is 34.0 Å². The van der Waals surface area contributed by atoms with Gasteiger partial charge in [-0.25, -0.2) is 0 Å². The summed E-state index contributed by atoms with van der Waals surface area (Å²) in [6.45, 7) is 0. The van der Waals surface area contributed by atoms with Crippen LogP contribution in [0.4, 0.5) is 0 Å². The fourth-order valence-corrected chi connectivity index (χ4v) is 9.80. The standard InChI is InChI=1S/C36H44N2/c1-3-11-27(12-4-1)37-33-17-9-7-15-29(33)31-23-25(19-21-35(31)37)26-20-22-36-32(24-26)30-16-8-10-18-34(30)38(36)28-13-5-2-6-14-28/h1-3,5,9-11,13,17-19,21,24-26,29-31,33-36H,4,6-8,12,14-16,20,22-23H2. The average molecular weight is 505 g/mol. The zero-order chi connectivity index (χ0) is 25.1. The van der Waals surface area contributed by atoms with Gasteiger partial charge in [-0.05, 0) is 112 Å². The lowest BCUT2D eigenvalue weighted by Gasteiger charge is -2.40. The number of nitrogens with zero attached hydrogens (tertiary/aromatic N) is 2. The molecule has 0 bridgehead atoms. The van der Waals surface area contributed by atoms with Crippen LogP contribution in [0.5, 0.6) is 0 Å². The molecule has 2 heteroatoms. The van der Waals surface area contributed by atoms with E-state index >= 15 is 0 Å². The van der Waals surface area contributed by atoms with Gasteiger partial charge in [0, 0.05) is 17.3 Å². The summed E-state index contributed by atoms with van der Waals surface area (Å²) in [5, 5.41) is 0. The van der Waals surface area contributed by atoms with Crippen molar-refractivity contribution in [2.75, 3.05) is 0 Å². The molecule has 0 aromatic heterocycles. The Morgan fingerprint density at radius 2 is 1.32 bits per heavy atom. The Labute approximate surface area is 229 Å². The van der Waals surface area contributed by atoms with E-state index in [-0.39, 0.29) is 0 Å². The quantitative estimate of drug-likeness (QED) is 0.359. The summed E-state index contributed by atoms with van der Waals surface area (Å²) in [5.41, 5.74) is 4.99. The fourth-order valence-electron chi connectivity index (χ4n) is 9.80. The van der Waals surface area contributed by atoms with Gasteiger partial charge < -0.3 is 9.80 Å². The molecule has 0 saturated carbocycles. The highest BCUT2D eigenvalue weighted by molar-refractivity contribution is 5.37. The van der Waals surface area contributed by atoms with Gasteiger partial charge in [-0.1, -0.05) is 66.8 Å². The maximum Gasteiger partial charge on any atom is 0.0542 e. The van der Waals surface area contributed by atoms with Gasteiger partial charge >= 0.3 is 0 Å². The van der Waals surface area contributed by atoms with Crippen molar-refractivity contribution < 1.29 is 0 Å². The second-order valence-electron chi connectivity index (χ2n) is 13.2. The molecular formula is C36H44N2. The van der Waals surface area contributed by atoms with E-state index in [1.165, 1.54) is 70.6 Å². The minimum absolute atomic E-state index is 0.596. The molecular weight excluding hydrogens is 460 g/mol. The minimum Gasteiger partial charge on any atom is -0.361 e. The molecule has 198 valence electrons. The molecule has 9 unspecified atom stereocenters. The van der Waals surface area contributed by atoms with Gasteiger partial charge in [-0.2, -0.15) is 0 Å². The van der Waals surface area contributed by atoms with E-state index in [4.69, 9.17) is 0 Å². The van der Waals surface area contributed by atoms with Crippen molar-refractivity contribution in [3.63, 3.8) is 0 Å². The number of hydrogen-bond acceptors (Lipinski definition) is 2. The number of allylic oxidation sites excluding steroid dienone is 12. The molecule has 2 fully saturated rings. The Hall–Kier alpha value is -2.48. The molecule has 2 heterocycles. The van der Waals surface area contributed by atoms with Crippen molar-refractivity contribution in [2.24, 2.45) is 29.6 Å². The molecule has 0 radical (unpaired) electrons. The Morgan fingerprint density at radius 1 is 0.579 bits per heavy atom. The molecule has 0 spiro atoms. The SMILES string of the molecule is C1=CCCC(N2C3CCC(C4C=CC5C(C4)C4CCC=CC4N5C4=CC=CCC4)C=C3C3CCC=CC32)=C1. The second-order valence-corrected chi connectivity index (χ2v) is 13.2. The lowest BCUT2D eigenvalue weighted by molar-refractivity contribution is 0.215. The molecule has 6 aliphatic carbocycles. The third-order valence-corrected chi connectivity index (χ3v) is 11.4. The zero-order valence-electron chi connectivity index (χ0n) is 22.9. The lowest BCUT2D eigenvalue weighted by Crippen LogP contribution is -2.39. The smallest absolute Gasteiger partial charge is 0.0542 e. The van der Waals surface area contributed by atoms with Crippen LogP contribution in [0.3, 0.4) is 0 Å². The molecule has 0 amide bonds. The van der Waals surface area contributed by atoms with Crippen LogP contribution in [-0.2, 0) is 0 Å². The van der Waals surface area contributed by atoms with E-state index in [0.29, 0.717) is 24.2 Å². The predicted molar refractivity (Wildman–Crippen MR) is 157 cm³/mol. The molecule has 9 atom stereocenters. The molecule has 0 aromatic rings. The van der Waals surface area contributed by atoms with Crippen LogP contribution in [0, 0.1) is 29.6 Å². The Balaban J connectivity index is 1.08. The molecule has 0 aromatic carbocycles. The number of fused-ring (bicyclic) bond motifs is 6. The molecule has 2 saturated heterocycles. The van der Waals surface area contributed by atoms with E-state index in [1.54, 1.807) is 11.4 Å². The van der Waals surface area contributed by atoms with Crippen LogP contribution in [0.2, 0.25) is 0 Å². The highest BCUT2D eigenvalue weighted by atomic mass is 15.2. The van der Waals surface area contributed by atoms with Gasteiger partial charge in [0.25, 0.3) is 0 Å². The van der Waals surface area contributed by atoms with Crippen LogP contribution in [0.25, 0.3) is 0 Å². The van der Waals surface area contributed by atoms with Crippen LogP contribution in [0.15, 0.2) is 96.0 Å². The molecule has 8 rings (SSSR count). The highest BCUT2D eigenvalue weighted by Gasteiger charge is 2.51. The molecule has 0 N–H and O–H groups in total. The first-order valence-corrected chi connectivity index (χ1v) is 15.9. The number of likely N-dealkylation sites (tertiary alicyclic amines) is 2. The second kappa shape index (κ2) is 9.61. The van der Waals surface area contributed by atoms with E-state index in [1.807, 2.05) is 5.57 Å². The van der Waals surface area contributed by atoms with Crippen molar-refractivity contribution >= 4 is 0 Å². The predicted octanol–water partition coefficient (Wildman–Crippen LogP) is 8.02. The van der Waals surface area contributed by atoms with Gasteiger partial charge in [-0.15, -0.1) is 0 Å². The first-order chi connectivity index (χ1) is 18.9. The summed E-state index contributed by atoms with van der Waals surface area (Å²) in [7, 11) is 0. The summed E-state index contributed by atoms with van der Waals surface area (Å²) in [6, 6.07) is 2.46. The summed E-state index contributed by atoms with van der Waals surface area (Å²) in [5.74, 6) is 3.83. The molecule has 8 aliphatic rings. The molecule has 38 heavy (non-hydrogen) atoms. The van der Waals surface area contributed by atoms with E-state index in [2.05, 4.69) is 88.8 Å². The lowest BCUT2D eigenvalue weighted by atomic mass is 9.68. The largest absolute Gasteiger partial charge is 0.361 e. The summed E-state index contributed by atoms with van der Waals surface area (Å²) in [4.78, 5) is 5.70. The Kier molecular flexibility index (Phi) is 5.92. The number of rotatable bonds is 3. The molecule has 2 nitrogen and oxygen atoms in total. The van der Waals surface area contributed by atoms with Crippen molar-refractivity contribution in [2.45, 2.75) is 94.8 Å². The molecule has 2 aliphatic heterocycles. The minimum atomic E-state index is 0.596. The monoisotopic (exact) mass is 504 g/mol. The first-order valence-electron chi connectivity index (χ1n) is 15.9. The van der Waals surface area contributed by atoms with E-state index in [9.17, 15) is 0 Å². The van der Waals surface area contributed by atoms with Gasteiger partial charge in [0.15, 0.2) is 0 Å². The van der Waals surface area contributed by atoms with Crippen molar-refractivity contribution in [3.05, 3.63) is 96.0 Å². The van der Waals surface area contributed by atoms with Gasteiger partial charge in [0.2, 0.25) is 0 Å². The third-order valence-electron chi connectivity index (χ3n) is 11.4. The van der Waals surface area contributed by atoms with Gasteiger partial charge in [0.1, 0.15) is 0 Å². The maximum absolute atomic E-state index is 2.86. The van der Waals surface area contributed by atoms with E-state index in [0.717, 1.165) is 29.6 Å². The Morgan fingerprint density at radius 3 is 2.11 bits per heavy atom. The number of hydrogen-bond donors (Lipinski definition) is 0. The highest BCUT2D eigenvalue weighted by Crippen LogP contribution is 2.53. The van der Waals surface area contributed by atoms with Crippen molar-refractivity contribution in [1.29, 1.82) is 0 Å². The van der Waals surface area contributed by atoms with Crippen molar-refractivity contribution in [1.82, 2.24) is 9.80 Å². The van der Waals surface area contributed by atoms with Crippen LogP contribution in [0.1, 0.15) is 70.6 Å². The maximum atomic E-state index is 2.86.